The second kappa shape index (κ2) is 8.56. The van der Waals surface area contributed by atoms with Crippen molar-refractivity contribution in [2.75, 3.05) is 0 Å². The summed E-state index contributed by atoms with van der Waals surface area (Å²) >= 11 is 0. The van der Waals surface area contributed by atoms with Crippen LogP contribution in [0.1, 0.15) is 25.0 Å². The molecule has 0 N–H and O–H groups in total. The average Bonchev–Trinajstić information content (AvgIpc) is 2.00. The number of aryl methyl sites for hydroxylation is 2. The van der Waals surface area contributed by atoms with E-state index in [9.17, 15) is 0 Å². The van der Waals surface area contributed by atoms with Gasteiger partial charge in [-0.25, -0.2) is 0 Å². The zero-order chi connectivity index (χ0) is 7.98. The van der Waals surface area contributed by atoms with Crippen LogP contribution in [0.25, 0.3) is 0 Å². The summed E-state index contributed by atoms with van der Waals surface area (Å²) in [6, 6.07) is 8.99. The molecule has 1 heteroatoms. The topological polar surface area (TPSA) is 0 Å². The first-order valence-corrected chi connectivity index (χ1v) is 3.74. The largest absolute Gasteiger partial charge is 0.184 e. The maximum atomic E-state index is 3.00. The Labute approximate surface area is 99.6 Å². The van der Waals surface area contributed by atoms with E-state index < -0.39 is 0 Å². The van der Waals surface area contributed by atoms with Crippen molar-refractivity contribution in [1.82, 2.24) is 0 Å². The third kappa shape index (κ3) is 5.71. The molecule has 0 saturated carbocycles. The van der Waals surface area contributed by atoms with E-state index in [0.29, 0.717) is 0 Å². The van der Waals surface area contributed by atoms with Gasteiger partial charge in [-0.15, -0.1) is 0 Å². The Bertz CT molecular complexity index is 161. The molecule has 0 aliphatic rings. The van der Waals surface area contributed by atoms with E-state index in [2.05, 4.69) is 26.0 Å². The van der Waals surface area contributed by atoms with Crippen LogP contribution in [0.3, 0.4) is 0 Å². The molecule has 68 valence electrons. The first-order chi connectivity index (χ1) is 4.80. The summed E-state index contributed by atoms with van der Waals surface area (Å²) in [6.45, 7) is 8.19. The van der Waals surface area contributed by atoms with Crippen molar-refractivity contribution in [2.24, 2.45) is 0 Å². The third-order valence-corrected chi connectivity index (χ3v) is 1.35. The molecular formula is C10H15Er-. The van der Waals surface area contributed by atoms with E-state index >= 15 is 0 Å². The molecule has 0 unspecified atom stereocenters. The van der Waals surface area contributed by atoms with Crippen LogP contribution in [0.15, 0.2) is 18.2 Å². The molecule has 0 aliphatic carbocycles. The molecule has 1 rings (SSSR count). The molecular weight excluding hydrogens is 287 g/mol. The zero-order valence-electron chi connectivity index (χ0n) is 7.52. The predicted molar refractivity (Wildman–Crippen MR) is 46.1 cm³/mol. The van der Waals surface area contributed by atoms with Crippen molar-refractivity contribution in [1.29, 1.82) is 0 Å². The quantitative estimate of drug-likeness (QED) is 0.646. The van der Waals surface area contributed by atoms with Crippen molar-refractivity contribution in [3.8, 4) is 0 Å². The predicted octanol–water partition coefficient (Wildman–Crippen LogP) is 3.13. The molecule has 0 bridgehead atoms. The second-order valence-corrected chi connectivity index (χ2v) is 2.01. The first kappa shape index (κ1) is 14.0. The number of hydrogen-bond donors (Lipinski definition) is 0. The molecule has 1 aromatic carbocycles. The van der Waals surface area contributed by atoms with Crippen LogP contribution in [-0.2, 0) is 0 Å². The Morgan fingerprint density at radius 3 is 1.91 bits per heavy atom. The van der Waals surface area contributed by atoms with E-state index in [4.69, 9.17) is 0 Å². The Morgan fingerprint density at radius 2 is 1.64 bits per heavy atom. The summed E-state index contributed by atoms with van der Waals surface area (Å²) < 4.78 is 0. The minimum absolute atomic E-state index is 0. The van der Waals surface area contributed by atoms with Crippen LogP contribution in [0, 0.1) is 57.2 Å². The number of benzene rings is 1. The van der Waals surface area contributed by atoms with Crippen molar-refractivity contribution in [3.63, 3.8) is 0 Å². The Hall–Kier alpha value is 0.467. The molecule has 0 fully saturated rings. The first-order valence-electron chi connectivity index (χ1n) is 3.74. The van der Waals surface area contributed by atoms with Crippen LogP contribution in [0.4, 0.5) is 0 Å². The van der Waals surface area contributed by atoms with Gasteiger partial charge in [0.1, 0.15) is 0 Å². The third-order valence-electron chi connectivity index (χ3n) is 1.35. The SMILES string of the molecule is CC.Cc1c[c-]ccc1C.[Er]. The number of rotatable bonds is 0. The molecule has 0 spiro atoms. The second-order valence-electron chi connectivity index (χ2n) is 2.01. The molecule has 0 saturated heterocycles. The Balaban J connectivity index is 0. The average molecular weight is 302 g/mol. The fourth-order valence-corrected chi connectivity index (χ4v) is 0.592. The van der Waals surface area contributed by atoms with Crippen molar-refractivity contribution < 1.29 is 37.3 Å². The summed E-state index contributed by atoms with van der Waals surface area (Å²) in [4.78, 5) is 0. The molecule has 0 aromatic heterocycles. The molecule has 0 radical (unpaired) electrons. The van der Waals surface area contributed by atoms with Gasteiger partial charge in [0.2, 0.25) is 0 Å². The Kier molecular flexibility index (Phi) is 10.9. The van der Waals surface area contributed by atoms with Crippen LogP contribution < -0.4 is 0 Å². The molecule has 0 nitrogen and oxygen atoms in total. The standard InChI is InChI=1S/C8H9.C2H6.Er/c1-7-5-3-4-6-8(7)2;1-2;/h3,5-6H,1-2H3;1-2H3;/q-1;;. The van der Waals surface area contributed by atoms with Gasteiger partial charge in [0.15, 0.2) is 0 Å². The maximum absolute atomic E-state index is 3.00. The molecule has 0 aliphatic heterocycles. The van der Waals surface area contributed by atoms with E-state index in [-0.39, 0.29) is 37.3 Å². The van der Waals surface area contributed by atoms with Crippen molar-refractivity contribution >= 4 is 0 Å². The fourth-order valence-electron chi connectivity index (χ4n) is 0.592. The monoisotopic (exact) mass is 301 g/mol. The van der Waals surface area contributed by atoms with Gasteiger partial charge in [-0.1, -0.05) is 27.7 Å². The van der Waals surface area contributed by atoms with Gasteiger partial charge < -0.3 is 0 Å². The minimum atomic E-state index is 0. The van der Waals surface area contributed by atoms with Crippen LogP contribution in [-0.4, -0.2) is 0 Å². The minimum Gasteiger partial charge on any atom is -0.184 e. The molecule has 11 heavy (non-hydrogen) atoms. The van der Waals surface area contributed by atoms with Gasteiger partial charge >= 0.3 is 0 Å². The summed E-state index contributed by atoms with van der Waals surface area (Å²) in [5.41, 5.74) is 2.65. The fraction of sp³-hybridized carbons (Fsp3) is 0.400. The summed E-state index contributed by atoms with van der Waals surface area (Å²) in [5.74, 6) is 0. The van der Waals surface area contributed by atoms with E-state index in [1.54, 1.807) is 0 Å². The van der Waals surface area contributed by atoms with Gasteiger partial charge in [-0.3, -0.25) is 0 Å². The normalized spacial score (nSPS) is 7.27. The molecule has 0 atom stereocenters. The van der Waals surface area contributed by atoms with Gasteiger partial charge in [0, 0.05) is 37.3 Å². The van der Waals surface area contributed by atoms with E-state index in [1.165, 1.54) is 11.1 Å². The van der Waals surface area contributed by atoms with Crippen LogP contribution in [0.2, 0.25) is 0 Å². The van der Waals surface area contributed by atoms with E-state index in [1.807, 2.05) is 26.0 Å². The number of hydrogen-bond acceptors (Lipinski definition) is 0. The van der Waals surface area contributed by atoms with Crippen LogP contribution >= 0.6 is 0 Å². The van der Waals surface area contributed by atoms with Crippen LogP contribution in [0.5, 0.6) is 0 Å². The zero-order valence-corrected chi connectivity index (χ0v) is 9.37. The summed E-state index contributed by atoms with van der Waals surface area (Å²) in [6.07, 6.45) is 0. The molecule has 0 amide bonds. The van der Waals surface area contributed by atoms with Gasteiger partial charge in [0.05, 0.1) is 0 Å². The van der Waals surface area contributed by atoms with Crippen molar-refractivity contribution in [3.05, 3.63) is 35.4 Å². The maximum Gasteiger partial charge on any atom is 0 e. The Morgan fingerprint density at radius 1 is 1.09 bits per heavy atom. The van der Waals surface area contributed by atoms with Gasteiger partial charge in [-0.05, 0) is 0 Å². The van der Waals surface area contributed by atoms with Gasteiger partial charge in [-0.2, -0.15) is 35.4 Å². The molecule has 1 aromatic rings. The van der Waals surface area contributed by atoms with E-state index in [0.717, 1.165) is 0 Å². The molecule has 0 heterocycles. The summed E-state index contributed by atoms with van der Waals surface area (Å²) in [7, 11) is 0. The summed E-state index contributed by atoms with van der Waals surface area (Å²) in [5, 5.41) is 0. The smallest absolute Gasteiger partial charge is 0 e. The van der Waals surface area contributed by atoms with Crippen molar-refractivity contribution in [2.45, 2.75) is 27.7 Å². The van der Waals surface area contributed by atoms with Gasteiger partial charge in [0.25, 0.3) is 0 Å².